The molecule has 4 nitrogen and oxygen atoms in total. The van der Waals surface area contributed by atoms with E-state index in [4.69, 9.17) is 26.9 Å². The van der Waals surface area contributed by atoms with Crippen LogP contribution in [0.15, 0.2) is 18.2 Å². The number of nitrogens with one attached hydrogen (secondary N) is 1. The fourth-order valence-electron chi connectivity index (χ4n) is 2.04. The lowest BCUT2D eigenvalue weighted by Gasteiger charge is -2.29. The third-order valence-electron chi connectivity index (χ3n) is 2.97. The molecule has 0 aliphatic heterocycles. The Morgan fingerprint density at radius 1 is 1.28 bits per heavy atom. The first-order valence-electron chi connectivity index (χ1n) is 5.87. The molecule has 0 heterocycles. The lowest BCUT2D eigenvalue weighted by Crippen LogP contribution is -2.40. The van der Waals surface area contributed by atoms with Crippen LogP contribution in [0.2, 0.25) is 5.02 Å². The van der Waals surface area contributed by atoms with Crippen LogP contribution in [0.3, 0.4) is 0 Å². The Morgan fingerprint density at radius 3 is 2.39 bits per heavy atom. The molecule has 0 aliphatic carbocycles. The molecule has 3 N–H and O–H groups in total. The lowest BCUT2D eigenvalue weighted by atomic mass is 9.94. The van der Waals surface area contributed by atoms with E-state index < -0.39 is 0 Å². The van der Waals surface area contributed by atoms with Gasteiger partial charge in [-0.25, -0.2) is 0 Å². The van der Waals surface area contributed by atoms with Crippen LogP contribution < -0.4 is 16.0 Å². The topological polar surface area (TPSA) is 56.5 Å². The molecule has 0 aliphatic rings. The smallest absolute Gasteiger partial charge is 0.137 e. The fraction of sp³-hybridized carbons (Fsp3) is 0.538. The van der Waals surface area contributed by atoms with Crippen molar-refractivity contribution in [3.05, 3.63) is 28.8 Å². The molecule has 0 bridgehead atoms. The van der Waals surface area contributed by atoms with E-state index in [1.54, 1.807) is 20.3 Å². The number of rotatable bonds is 6. The van der Waals surface area contributed by atoms with Crippen molar-refractivity contribution in [2.24, 2.45) is 11.8 Å². The van der Waals surface area contributed by atoms with Crippen LogP contribution in [0.5, 0.6) is 5.75 Å². The van der Waals surface area contributed by atoms with Gasteiger partial charge in [0.05, 0.1) is 24.3 Å². The predicted molar refractivity (Wildman–Crippen MR) is 73.7 cm³/mol. The highest BCUT2D eigenvalue weighted by molar-refractivity contribution is 6.32. The van der Waals surface area contributed by atoms with E-state index in [2.05, 4.69) is 19.3 Å². The first-order valence-corrected chi connectivity index (χ1v) is 6.25. The molecule has 0 saturated carbocycles. The van der Waals surface area contributed by atoms with Gasteiger partial charge in [0.15, 0.2) is 0 Å². The summed E-state index contributed by atoms with van der Waals surface area (Å²) >= 11 is 6.01. The standard InChI is InChI=1S/C13H21ClN2O2/c1-8(2)13(18-4)12(16-15)9-5-6-10(14)11(7-9)17-3/h5-8,12-13,16H,15H2,1-4H3. The summed E-state index contributed by atoms with van der Waals surface area (Å²) in [4.78, 5) is 0. The number of ether oxygens (including phenoxy) is 2. The Labute approximate surface area is 113 Å². The molecule has 0 spiro atoms. The number of halogens is 1. The van der Waals surface area contributed by atoms with Gasteiger partial charge in [-0.1, -0.05) is 31.5 Å². The zero-order valence-corrected chi connectivity index (χ0v) is 12.0. The molecule has 2 atom stereocenters. The summed E-state index contributed by atoms with van der Waals surface area (Å²) in [6.45, 7) is 4.18. The van der Waals surface area contributed by atoms with E-state index in [1.165, 1.54) is 0 Å². The third kappa shape index (κ3) is 3.36. The zero-order chi connectivity index (χ0) is 13.7. The minimum absolute atomic E-state index is 0.0270. The highest BCUT2D eigenvalue weighted by Gasteiger charge is 2.25. The Kier molecular flexibility index (Phi) is 5.88. The van der Waals surface area contributed by atoms with Crippen molar-refractivity contribution >= 4 is 11.6 Å². The first kappa shape index (κ1) is 15.2. The molecule has 0 fully saturated rings. The molecule has 1 aromatic carbocycles. The fourth-order valence-corrected chi connectivity index (χ4v) is 2.24. The summed E-state index contributed by atoms with van der Waals surface area (Å²) in [6.07, 6.45) is -0.0270. The predicted octanol–water partition coefficient (Wildman–Crippen LogP) is 2.52. The highest BCUT2D eigenvalue weighted by Crippen LogP contribution is 2.30. The first-order chi connectivity index (χ1) is 8.54. The van der Waals surface area contributed by atoms with Crippen LogP contribution in [0.25, 0.3) is 0 Å². The Balaban J connectivity index is 3.08. The van der Waals surface area contributed by atoms with E-state index >= 15 is 0 Å². The molecule has 0 aromatic heterocycles. The average molecular weight is 273 g/mol. The van der Waals surface area contributed by atoms with Crippen molar-refractivity contribution in [3.63, 3.8) is 0 Å². The number of hydrogen-bond donors (Lipinski definition) is 2. The van der Waals surface area contributed by atoms with Crippen LogP contribution in [0, 0.1) is 5.92 Å². The molecule has 5 heteroatoms. The Bertz CT molecular complexity index is 385. The summed E-state index contributed by atoms with van der Waals surface area (Å²) in [5.41, 5.74) is 3.78. The molecule has 18 heavy (non-hydrogen) atoms. The van der Waals surface area contributed by atoms with Gasteiger partial charge >= 0.3 is 0 Å². The van der Waals surface area contributed by atoms with Gasteiger partial charge in [0.1, 0.15) is 5.75 Å². The van der Waals surface area contributed by atoms with E-state index in [1.807, 2.05) is 12.1 Å². The third-order valence-corrected chi connectivity index (χ3v) is 3.28. The van der Waals surface area contributed by atoms with Gasteiger partial charge in [-0.3, -0.25) is 11.3 Å². The highest BCUT2D eigenvalue weighted by atomic mass is 35.5. The van der Waals surface area contributed by atoms with E-state index in [-0.39, 0.29) is 12.1 Å². The molecule has 0 amide bonds. The second-order valence-corrected chi connectivity index (χ2v) is 4.89. The van der Waals surface area contributed by atoms with Gasteiger partial charge in [-0.05, 0) is 23.6 Å². The van der Waals surface area contributed by atoms with Crippen molar-refractivity contribution in [1.82, 2.24) is 5.43 Å². The number of hydrogen-bond acceptors (Lipinski definition) is 4. The zero-order valence-electron chi connectivity index (χ0n) is 11.2. The van der Waals surface area contributed by atoms with Gasteiger partial charge in [-0.15, -0.1) is 0 Å². The maximum Gasteiger partial charge on any atom is 0.137 e. The molecule has 0 saturated heterocycles. The van der Waals surface area contributed by atoms with E-state index in [0.717, 1.165) is 5.56 Å². The number of methoxy groups -OCH3 is 2. The average Bonchev–Trinajstić information content (AvgIpc) is 2.36. The second kappa shape index (κ2) is 6.95. The summed E-state index contributed by atoms with van der Waals surface area (Å²) in [7, 11) is 3.27. The number of hydrazine groups is 1. The van der Waals surface area contributed by atoms with Crippen LogP contribution in [0.1, 0.15) is 25.5 Å². The van der Waals surface area contributed by atoms with Gasteiger partial charge < -0.3 is 9.47 Å². The molecule has 1 rings (SSSR count). The largest absolute Gasteiger partial charge is 0.495 e. The maximum atomic E-state index is 6.01. The van der Waals surface area contributed by atoms with Gasteiger partial charge in [0, 0.05) is 7.11 Å². The molecule has 0 radical (unpaired) electrons. The van der Waals surface area contributed by atoms with Crippen LogP contribution in [-0.4, -0.2) is 20.3 Å². The normalized spacial score (nSPS) is 14.6. The van der Waals surface area contributed by atoms with Crippen molar-refractivity contribution in [2.75, 3.05) is 14.2 Å². The molecule has 2 unspecified atom stereocenters. The van der Waals surface area contributed by atoms with Crippen LogP contribution in [0.4, 0.5) is 0 Å². The van der Waals surface area contributed by atoms with E-state index in [9.17, 15) is 0 Å². The second-order valence-electron chi connectivity index (χ2n) is 4.48. The summed E-state index contributed by atoms with van der Waals surface area (Å²) < 4.78 is 10.7. The van der Waals surface area contributed by atoms with Crippen molar-refractivity contribution in [1.29, 1.82) is 0 Å². The van der Waals surface area contributed by atoms with Gasteiger partial charge in [-0.2, -0.15) is 0 Å². The summed E-state index contributed by atoms with van der Waals surface area (Å²) in [5, 5.41) is 0.579. The molecule has 102 valence electrons. The minimum Gasteiger partial charge on any atom is -0.495 e. The summed E-state index contributed by atoms with van der Waals surface area (Å²) in [5.74, 6) is 6.61. The van der Waals surface area contributed by atoms with Gasteiger partial charge in [0.2, 0.25) is 0 Å². The van der Waals surface area contributed by atoms with Crippen molar-refractivity contribution in [2.45, 2.75) is 26.0 Å². The lowest BCUT2D eigenvalue weighted by molar-refractivity contribution is 0.0326. The quantitative estimate of drug-likeness (QED) is 0.617. The van der Waals surface area contributed by atoms with Crippen molar-refractivity contribution < 1.29 is 9.47 Å². The maximum absolute atomic E-state index is 6.01. The molecule has 1 aromatic rings. The Hall–Kier alpha value is -0.810. The van der Waals surface area contributed by atoms with E-state index in [0.29, 0.717) is 16.7 Å². The minimum atomic E-state index is -0.110. The van der Waals surface area contributed by atoms with Crippen LogP contribution in [-0.2, 0) is 4.74 Å². The summed E-state index contributed by atoms with van der Waals surface area (Å²) in [6, 6.07) is 5.49. The van der Waals surface area contributed by atoms with Crippen LogP contribution >= 0.6 is 11.6 Å². The SMILES string of the molecule is COc1cc(C(NN)C(OC)C(C)C)ccc1Cl. The molecular formula is C13H21ClN2O2. The number of benzene rings is 1. The van der Waals surface area contributed by atoms with Gasteiger partial charge in [0.25, 0.3) is 0 Å². The number of nitrogens with two attached hydrogens (primary N) is 1. The van der Waals surface area contributed by atoms with Crippen molar-refractivity contribution in [3.8, 4) is 5.75 Å². The molecular weight excluding hydrogens is 252 g/mol. The Morgan fingerprint density at radius 2 is 1.94 bits per heavy atom. The monoisotopic (exact) mass is 272 g/mol.